The molecule has 6 heteroatoms. The molecule has 0 bridgehead atoms. The zero-order valence-corrected chi connectivity index (χ0v) is 15.8. The first kappa shape index (κ1) is 16.4. The van der Waals surface area contributed by atoms with Crippen LogP contribution in [-0.2, 0) is 0 Å². The number of methoxy groups -OCH3 is 1. The third-order valence-electron chi connectivity index (χ3n) is 5.08. The van der Waals surface area contributed by atoms with E-state index in [4.69, 9.17) is 4.74 Å². The molecule has 1 aliphatic heterocycles. The summed E-state index contributed by atoms with van der Waals surface area (Å²) in [6.45, 7) is 0. The lowest BCUT2D eigenvalue weighted by molar-refractivity contribution is -0.385. The zero-order valence-electron chi connectivity index (χ0n) is 13.6. The number of allylic oxidation sites excluding steroid dienone is 2. The second kappa shape index (κ2) is 6.33. The van der Waals surface area contributed by atoms with Gasteiger partial charge in [0.05, 0.1) is 18.1 Å². The Labute approximate surface area is 159 Å². The van der Waals surface area contributed by atoms with Crippen LogP contribution in [0.25, 0.3) is 0 Å². The van der Waals surface area contributed by atoms with Crippen molar-refractivity contribution >= 4 is 34.0 Å². The molecule has 0 radical (unpaired) electrons. The summed E-state index contributed by atoms with van der Waals surface area (Å²) in [4.78, 5) is 11.0. The van der Waals surface area contributed by atoms with Crippen molar-refractivity contribution in [1.29, 1.82) is 0 Å². The highest BCUT2D eigenvalue weighted by atomic mass is 127. The van der Waals surface area contributed by atoms with Gasteiger partial charge in [-0.2, -0.15) is 0 Å². The van der Waals surface area contributed by atoms with Gasteiger partial charge in [-0.25, -0.2) is 0 Å². The maximum atomic E-state index is 11.4. The highest BCUT2D eigenvalue weighted by molar-refractivity contribution is 14.1. The number of nitro groups is 1. The van der Waals surface area contributed by atoms with Gasteiger partial charge in [0.25, 0.3) is 0 Å². The van der Waals surface area contributed by atoms with Crippen LogP contribution in [0.3, 0.4) is 0 Å². The molecule has 25 heavy (non-hydrogen) atoms. The maximum absolute atomic E-state index is 11.4. The van der Waals surface area contributed by atoms with E-state index in [-0.39, 0.29) is 16.7 Å². The van der Waals surface area contributed by atoms with Crippen molar-refractivity contribution in [2.75, 3.05) is 12.4 Å². The number of ether oxygens (including phenoxy) is 1. The van der Waals surface area contributed by atoms with Gasteiger partial charge in [-0.15, -0.1) is 0 Å². The first-order valence-electron chi connectivity index (χ1n) is 8.13. The van der Waals surface area contributed by atoms with Crippen molar-refractivity contribution in [3.63, 3.8) is 0 Å². The molecule has 0 unspecified atom stereocenters. The molecule has 1 aliphatic carbocycles. The number of halogens is 1. The van der Waals surface area contributed by atoms with E-state index in [1.807, 2.05) is 6.07 Å². The smallest absolute Gasteiger partial charge is 0.311 e. The van der Waals surface area contributed by atoms with Crippen LogP contribution in [0, 0.1) is 19.6 Å². The Morgan fingerprint density at radius 3 is 2.88 bits per heavy atom. The molecule has 0 amide bonds. The molecule has 128 valence electrons. The molecule has 0 fully saturated rings. The summed E-state index contributed by atoms with van der Waals surface area (Å²) in [5, 5.41) is 15.0. The highest BCUT2D eigenvalue weighted by Crippen LogP contribution is 2.50. The van der Waals surface area contributed by atoms with E-state index in [0.29, 0.717) is 17.6 Å². The Kier molecular flexibility index (Phi) is 4.15. The van der Waals surface area contributed by atoms with Crippen LogP contribution in [0.2, 0.25) is 0 Å². The molecule has 0 spiro atoms. The van der Waals surface area contributed by atoms with Gasteiger partial charge in [-0.3, -0.25) is 10.1 Å². The number of nitrogens with zero attached hydrogens (tertiary/aromatic N) is 1. The van der Waals surface area contributed by atoms with E-state index in [0.717, 1.165) is 17.7 Å². The van der Waals surface area contributed by atoms with Gasteiger partial charge in [0.1, 0.15) is 0 Å². The molecular formula is C19H17IN2O3. The molecule has 2 aromatic rings. The van der Waals surface area contributed by atoms with Crippen LogP contribution in [0.1, 0.15) is 29.5 Å². The van der Waals surface area contributed by atoms with Crippen molar-refractivity contribution < 1.29 is 9.66 Å². The molecule has 1 heterocycles. The van der Waals surface area contributed by atoms with Gasteiger partial charge in [0.2, 0.25) is 0 Å². The van der Waals surface area contributed by atoms with E-state index in [2.05, 4.69) is 58.3 Å². The van der Waals surface area contributed by atoms with Gasteiger partial charge in [0, 0.05) is 21.2 Å². The molecule has 0 saturated heterocycles. The SMILES string of the molecule is COc1ccc([C@@H]2Nc3ccc(I)cc3[C@@H]3C=CC[C@@H]32)cc1[N+](=O)[O-]. The Morgan fingerprint density at radius 2 is 2.12 bits per heavy atom. The normalized spacial score (nSPS) is 23.5. The van der Waals surface area contributed by atoms with E-state index < -0.39 is 0 Å². The third kappa shape index (κ3) is 2.78. The van der Waals surface area contributed by atoms with Crippen molar-refractivity contribution in [3.05, 3.63) is 73.4 Å². The van der Waals surface area contributed by atoms with Crippen molar-refractivity contribution in [2.45, 2.75) is 18.4 Å². The fourth-order valence-electron chi connectivity index (χ4n) is 3.94. The quantitative estimate of drug-likeness (QED) is 0.310. The minimum atomic E-state index is -0.383. The first-order valence-corrected chi connectivity index (χ1v) is 9.21. The lowest BCUT2D eigenvalue weighted by Gasteiger charge is -2.37. The lowest BCUT2D eigenvalue weighted by atomic mass is 9.77. The van der Waals surface area contributed by atoms with Gasteiger partial charge < -0.3 is 10.1 Å². The molecule has 3 atom stereocenters. The molecular weight excluding hydrogens is 431 g/mol. The van der Waals surface area contributed by atoms with E-state index in [9.17, 15) is 10.1 Å². The van der Waals surface area contributed by atoms with Crippen LogP contribution in [-0.4, -0.2) is 12.0 Å². The number of hydrogen-bond acceptors (Lipinski definition) is 4. The number of anilines is 1. The summed E-state index contributed by atoms with van der Waals surface area (Å²) in [5.41, 5.74) is 3.36. The van der Waals surface area contributed by atoms with Crippen molar-refractivity contribution in [1.82, 2.24) is 0 Å². The minimum absolute atomic E-state index is 0.0118. The Bertz CT molecular complexity index is 881. The Hall–Kier alpha value is -2.09. The predicted molar refractivity (Wildman–Crippen MR) is 105 cm³/mol. The number of hydrogen-bond donors (Lipinski definition) is 1. The molecule has 4 rings (SSSR count). The standard InChI is InChI=1S/C19H17IN2O3/c1-25-18-8-5-11(9-17(18)22(23)24)19-14-4-2-3-13(14)15-10-12(20)6-7-16(15)21-19/h2-3,5-10,13-14,19,21H,4H2,1H3/t13-,14+,19+/m1/s1. The second-order valence-corrected chi connectivity index (χ2v) is 7.64. The monoisotopic (exact) mass is 448 g/mol. The van der Waals surface area contributed by atoms with Crippen LogP contribution in [0.4, 0.5) is 11.4 Å². The number of benzene rings is 2. The van der Waals surface area contributed by atoms with Crippen molar-refractivity contribution in [3.8, 4) is 5.75 Å². The Morgan fingerprint density at radius 1 is 1.28 bits per heavy atom. The van der Waals surface area contributed by atoms with Crippen molar-refractivity contribution in [2.24, 2.45) is 5.92 Å². The zero-order chi connectivity index (χ0) is 17.6. The second-order valence-electron chi connectivity index (χ2n) is 6.40. The lowest BCUT2D eigenvalue weighted by Crippen LogP contribution is -2.29. The highest BCUT2D eigenvalue weighted by Gasteiger charge is 2.38. The minimum Gasteiger partial charge on any atom is -0.490 e. The summed E-state index contributed by atoms with van der Waals surface area (Å²) in [6.07, 6.45) is 5.45. The van der Waals surface area contributed by atoms with Crippen LogP contribution in [0.15, 0.2) is 48.6 Å². The van der Waals surface area contributed by atoms with Gasteiger partial charge >= 0.3 is 5.69 Å². The molecule has 2 aliphatic rings. The van der Waals surface area contributed by atoms with Crippen LogP contribution < -0.4 is 10.1 Å². The Balaban J connectivity index is 1.78. The van der Waals surface area contributed by atoms with E-state index in [1.165, 1.54) is 16.2 Å². The summed E-state index contributed by atoms with van der Waals surface area (Å²) >= 11 is 2.34. The first-order chi connectivity index (χ1) is 12.1. The fraction of sp³-hybridized carbons (Fsp3) is 0.263. The molecule has 2 aromatic carbocycles. The summed E-state index contributed by atoms with van der Waals surface area (Å²) in [6, 6.07) is 11.7. The fourth-order valence-corrected chi connectivity index (χ4v) is 4.45. The largest absolute Gasteiger partial charge is 0.490 e. The van der Waals surface area contributed by atoms with Crippen LogP contribution >= 0.6 is 22.6 Å². The molecule has 0 saturated carbocycles. The number of fused-ring (bicyclic) bond motifs is 3. The number of nitro benzene ring substituents is 1. The van der Waals surface area contributed by atoms with E-state index >= 15 is 0 Å². The van der Waals surface area contributed by atoms with Gasteiger partial charge in [-0.1, -0.05) is 18.2 Å². The summed E-state index contributed by atoms with van der Waals surface area (Å²) in [5.74, 6) is 0.997. The van der Waals surface area contributed by atoms with Gasteiger partial charge in [-0.05, 0) is 70.3 Å². The molecule has 5 nitrogen and oxygen atoms in total. The summed E-state index contributed by atoms with van der Waals surface area (Å²) in [7, 11) is 1.45. The van der Waals surface area contributed by atoms with Crippen LogP contribution in [0.5, 0.6) is 5.75 Å². The van der Waals surface area contributed by atoms with Gasteiger partial charge in [0.15, 0.2) is 5.75 Å². The predicted octanol–water partition coefficient (Wildman–Crippen LogP) is 5.03. The number of rotatable bonds is 3. The molecule has 0 aromatic heterocycles. The average molecular weight is 448 g/mol. The number of nitrogens with one attached hydrogen (secondary N) is 1. The topological polar surface area (TPSA) is 64.4 Å². The molecule has 1 N–H and O–H groups in total. The third-order valence-corrected chi connectivity index (χ3v) is 5.75. The maximum Gasteiger partial charge on any atom is 0.311 e. The van der Waals surface area contributed by atoms with E-state index in [1.54, 1.807) is 12.1 Å². The summed E-state index contributed by atoms with van der Waals surface area (Å²) < 4.78 is 6.35. The average Bonchev–Trinajstić information content (AvgIpc) is 3.10.